The Hall–Kier alpha value is -2.51. The Morgan fingerprint density at radius 2 is 2.00 bits per heavy atom. The number of fused-ring (bicyclic) bond motifs is 1. The molecule has 2 N–H and O–H groups in total. The highest BCUT2D eigenvalue weighted by Gasteiger charge is 2.32. The number of carboxylic acids is 1. The Morgan fingerprint density at radius 1 is 1.32 bits per heavy atom. The maximum atomic E-state index is 12.2. The summed E-state index contributed by atoms with van der Waals surface area (Å²) in [5.41, 5.74) is -1.54. The number of carboxylic acid groups (broad SMARTS) is 1. The fourth-order valence-corrected chi connectivity index (χ4v) is 1.64. The summed E-state index contributed by atoms with van der Waals surface area (Å²) >= 11 is 0. The molecule has 0 fully saturated rings. The van der Waals surface area contributed by atoms with Gasteiger partial charge >= 0.3 is 12.3 Å². The van der Waals surface area contributed by atoms with E-state index in [1.54, 1.807) is 0 Å². The van der Waals surface area contributed by atoms with Gasteiger partial charge in [-0.25, -0.2) is 4.79 Å². The summed E-state index contributed by atoms with van der Waals surface area (Å²) in [6.07, 6.45) is -4.94. The summed E-state index contributed by atoms with van der Waals surface area (Å²) in [6, 6.07) is 4.26. The summed E-state index contributed by atoms with van der Waals surface area (Å²) in [7, 11) is 0. The van der Waals surface area contributed by atoms with Crippen molar-refractivity contribution in [2.24, 2.45) is 0 Å². The zero-order valence-corrected chi connectivity index (χ0v) is 9.12. The lowest BCUT2D eigenvalue weighted by molar-refractivity contribution is -0.274. The Morgan fingerprint density at radius 3 is 2.58 bits per heavy atom. The van der Waals surface area contributed by atoms with Crippen molar-refractivity contribution >= 4 is 16.9 Å². The molecule has 1 heterocycles. The number of H-pyrrole nitrogens is 1. The predicted octanol–water partition coefficient (Wildman–Crippen LogP) is 2.12. The Balaban J connectivity index is 2.75. The van der Waals surface area contributed by atoms with Crippen molar-refractivity contribution in [1.29, 1.82) is 0 Å². The van der Waals surface area contributed by atoms with Crippen molar-refractivity contribution in [2.45, 2.75) is 6.36 Å². The predicted molar refractivity (Wildman–Crippen MR) is 58.2 cm³/mol. The van der Waals surface area contributed by atoms with Crippen molar-refractivity contribution < 1.29 is 27.8 Å². The second-order valence-corrected chi connectivity index (χ2v) is 3.58. The number of halogens is 3. The number of rotatable bonds is 2. The van der Waals surface area contributed by atoms with Crippen LogP contribution in [-0.2, 0) is 0 Å². The van der Waals surface area contributed by atoms with Gasteiger partial charge in [-0.2, -0.15) is 0 Å². The summed E-state index contributed by atoms with van der Waals surface area (Å²) in [5, 5.41) is 8.87. The van der Waals surface area contributed by atoms with Gasteiger partial charge in [-0.05, 0) is 6.07 Å². The Bertz CT molecular complexity index is 705. The number of aromatic amines is 1. The molecule has 0 aliphatic carbocycles. The smallest absolute Gasteiger partial charge is 0.478 e. The van der Waals surface area contributed by atoms with Gasteiger partial charge in [0.25, 0.3) is 0 Å². The minimum absolute atomic E-state index is 0.0474. The van der Waals surface area contributed by atoms with Crippen molar-refractivity contribution in [1.82, 2.24) is 4.98 Å². The lowest BCUT2D eigenvalue weighted by atomic mass is 10.1. The van der Waals surface area contributed by atoms with Crippen LogP contribution in [0.4, 0.5) is 13.2 Å². The molecule has 1 aromatic carbocycles. The van der Waals surface area contributed by atoms with Gasteiger partial charge in [-0.1, -0.05) is 12.1 Å². The van der Waals surface area contributed by atoms with Crippen LogP contribution in [0.15, 0.2) is 29.1 Å². The van der Waals surface area contributed by atoms with Gasteiger partial charge in [-0.15, -0.1) is 13.2 Å². The lowest BCUT2D eigenvalue weighted by Gasteiger charge is -2.11. The Labute approximate surface area is 103 Å². The number of aromatic carboxylic acids is 1. The quantitative estimate of drug-likeness (QED) is 0.878. The first kappa shape index (κ1) is 12.9. The fourth-order valence-electron chi connectivity index (χ4n) is 1.64. The van der Waals surface area contributed by atoms with Gasteiger partial charge in [0.1, 0.15) is 0 Å². The molecule has 0 amide bonds. The van der Waals surface area contributed by atoms with Crippen LogP contribution >= 0.6 is 0 Å². The number of ether oxygens (including phenoxy) is 1. The zero-order chi connectivity index (χ0) is 14.2. The summed E-state index contributed by atoms with van der Waals surface area (Å²) < 4.78 is 40.3. The van der Waals surface area contributed by atoms with E-state index in [-0.39, 0.29) is 10.9 Å². The molecule has 0 aliphatic heterocycles. The number of hydrogen-bond acceptors (Lipinski definition) is 3. The van der Waals surface area contributed by atoms with E-state index in [0.29, 0.717) is 0 Å². The standard InChI is InChI=1S/C11H6F3NO4/c12-11(13,14)19-7-3-1-2-5-6(10(17)18)4-8(16)15-9(5)7/h1-4H,(H,15,16)(H,17,18). The molecule has 0 unspecified atom stereocenters. The number of pyridine rings is 1. The van der Waals surface area contributed by atoms with Crippen LogP contribution in [0.25, 0.3) is 10.9 Å². The molecule has 100 valence electrons. The van der Waals surface area contributed by atoms with Gasteiger partial charge < -0.3 is 14.8 Å². The molecule has 5 nitrogen and oxygen atoms in total. The molecule has 0 aliphatic rings. The molecule has 8 heteroatoms. The molecule has 0 saturated heterocycles. The third-order valence-corrected chi connectivity index (χ3v) is 2.30. The SMILES string of the molecule is O=C(O)c1cc(=O)[nH]c2c(OC(F)(F)F)cccc12. The van der Waals surface area contributed by atoms with Crippen LogP contribution in [0.5, 0.6) is 5.75 Å². The van der Waals surface area contributed by atoms with E-state index in [1.807, 2.05) is 0 Å². The van der Waals surface area contributed by atoms with E-state index >= 15 is 0 Å². The summed E-state index contributed by atoms with van der Waals surface area (Å²) in [5.74, 6) is -2.08. The zero-order valence-electron chi connectivity index (χ0n) is 9.12. The van der Waals surface area contributed by atoms with Crippen LogP contribution in [0.3, 0.4) is 0 Å². The van der Waals surface area contributed by atoms with E-state index in [1.165, 1.54) is 12.1 Å². The third-order valence-electron chi connectivity index (χ3n) is 2.30. The van der Waals surface area contributed by atoms with Crippen LogP contribution in [0, 0.1) is 0 Å². The first-order chi connectivity index (χ1) is 8.78. The van der Waals surface area contributed by atoms with Gasteiger partial charge in [0.05, 0.1) is 11.1 Å². The van der Waals surface area contributed by atoms with Crippen LogP contribution in [0.2, 0.25) is 0 Å². The monoisotopic (exact) mass is 273 g/mol. The van der Waals surface area contributed by atoms with Crippen molar-refractivity contribution in [3.05, 3.63) is 40.2 Å². The maximum absolute atomic E-state index is 12.2. The average molecular weight is 273 g/mol. The fraction of sp³-hybridized carbons (Fsp3) is 0.0909. The molecule has 19 heavy (non-hydrogen) atoms. The highest BCUT2D eigenvalue weighted by atomic mass is 19.4. The molecule has 2 aromatic rings. The highest BCUT2D eigenvalue weighted by molar-refractivity contribution is 6.03. The number of benzene rings is 1. The van der Waals surface area contributed by atoms with Gasteiger partial charge in [0.2, 0.25) is 5.56 Å². The number of alkyl halides is 3. The lowest BCUT2D eigenvalue weighted by Crippen LogP contribution is -2.18. The normalized spacial score (nSPS) is 11.5. The van der Waals surface area contributed by atoms with E-state index in [0.717, 1.165) is 12.1 Å². The minimum atomic E-state index is -4.94. The van der Waals surface area contributed by atoms with E-state index in [2.05, 4.69) is 9.72 Å². The van der Waals surface area contributed by atoms with Gasteiger partial charge in [0, 0.05) is 11.5 Å². The molecular formula is C11H6F3NO4. The van der Waals surface area contributed by atoms with E-state index in [4.69, 9.17) is 5.11 Å². The molecule has 0 bridgehead atoms. The number of aromatic nitrogens is 1. The second-order valence-electron chi connectivity index (χ2n) is 3.58. The molecule has 0 saturated carbocycles. The van der Waals surface area contributed by atoms with Gasteiger partial charge in [0.15, 0.2) is 5.75 Å². The molecule has 1 aromatic heterocycles. The van der Waals surface area contributed by atoms with Gasteiger partial charge in [-0.3, -0.25) is 4.79 Å². The summed E-state index contributed by atoms with van der Waals surface area (Å²) in [6.45, 7) is 0. The topological polar surface area (TPSA) is 79.4 Å². The number of para-hydroxylation sites is 1. The first-order valence-electron chi connectivity index (χ1n) is 4.93. The van der Waals surface area contributed by atoms with E-state index < -0.39 is 29.2 Å². The first-order valence-corrected chi connectivity index (χ1v) is 4.93. The third kappa shape index (κ3) is 2.67. The second kappa shape index (κ2) is 4.30. The number of carbonyl (C=O) groups is 1. The minimum Gasteiger partial charge on any atom is -0.478 e. The highest BCUT2D eigenvalue weighted by Crippen LogP contribution is 2.29. The van der Waals surface area contributed by atoms with Crippen LogP contribution in [0.1, 0.15) is 10.4 Å². The maximum Gasteiger partial charge on any atom is 0.573 e. The van der Waals surface area contributed by atoms with E-state index in [9.17, 15) is 22.8 Å². The largest absolute Gasteiger partial charge is 0.573 e. The number of nitrogens with one attached hydrogen (secondary N) is 1. The molecule has 0 radical (unpaired) electrons. The van der Waals surface area contributed by atoms with Crippen LogP contribution < -0.4 is 10.3 Å². The average Bonchev–Trinajstić information content (AvgIpc) is 2.27. The number of hydrogen-bond donors (Lipinski definition) is 2. The Kier molecular flexibility index (Phi) is 2.93. The summed E-state index contributed by atoms with van der Waals surface area (Å²) in [4.78, 5) is 24.4. The van der Waals surface area contributed by atoms with Crippen molar-refractivity contribution in [3.63, 3.8) is 0 Å². The molecular weight excluding hydrogens is 267 g/mol. The van der Waals surface area contributed by atoms with Crippen molar-refractivity contribution in [3.8, 4) is 5.75 Å². The molecule has 2 rings (SSSR count). The molecule has 0 atom stereocenters. The van der Waals surface area contributed by atoms with Crippen LogP contribution in [-0.4, -0.2) is 22.4 Å². The van der Waals surface area contributed by atoms with Crippen molar-refractivity contribution in [2.75, 3.05) is 0 Å². The molecule has 0 spiro atoms.